The third-order valence-corrected chi connectivity index (χ3v) is 2.98. The third-order valence-electron chi connectivity index (χ3n) is 2.98. The van der Waals surface area contributed by atoms with Crippen LogP contribution in [0, 0.1) is 0 Å². The molecule has 3 rings (SSSR count). The molecule has 0 spiro atoms. The van der Waals surface area contributed by atoms with Crippen molar-refractivity contribution in [3.8, 4) is 17.3 Å². The fraction of sp³-hybridized carbons (Fsp3) is 0.133. The van der Waals surface area contributed by atoms with Gasteiger partial charge in [-0.2, -0.15) is 0 Å². The van der Waals surface area contributed by atoms with E-state index in [2.05, 4.69) is 15.0 Å². The van der Waals surface area contributed by atoms with Crippen molar-refractivity contribution in [2.24, 2.45) is 0 Å². The molecule has 1 N–H and O–H groups in total. The van der Waals surface area contributed by atoms with Gasteiger partial charge < -0.3 is 9.72 Å². The van der Waals surface area contributed by atoms with Gasteiger partial charge in [-0.15, -0.1) is 0 Å². The zero-order chi connectivity index (χ0) is 15.5. The average Bonchev–Trinajstić information content (AvgIpc) is 2.53. The van der Waals surface area contributed by atoms with Gasteiger partial charge in [0.05, 0.1) is 10.9 Å². The Labute approximate surface area is 123 Å². The number of fused-ring (bicyclic) bond motifs is 1. The Morgan fingerprint density at radius 2 is 2.00 bits per heavy atom. The monoisotopic (exact) mass is 303 g/mol. The number of alkyl halides is 2. The summed E-state index contributed by atoms with van der Waals surface area (Å²) < 4.78 is 28.9. The number of aromatic nitrogens is 3. The first-order valence-corrected chi connectivity index (χ1v) is 6.50. The van der Waals surface area contributed by atoms with Crippen LogP contribution in [-0.2, 0) is 0 Å². The highest BCUT2D eigenvalue weighted by Crippen LogP contribution is 2.18. The molecule has 2 heterocycles. The maximum Gasteiger partial charge on any atom is 0.272 e. The number of nitrogens with zero attached hydrogens (tertiary/aromatic N) is 2. The molecule has 0 radical (unpaired) electrons. The number of benzene rings is 1. The molecule has 0 aliphatic carbocycles. The fourth-order valence-electron chi connectivity index (χ4n) is 1.98. The minimum Gasteiger partial charge on any atom is -0.472 e. The molecule has 7 heteroatoms. The summed E-state index contributed by atoms with van der Waals surface area (Å²) in [6, 6.07) is 10.0. The molecule has 22 heavy (non-hydrogen) atoms. The summed E-state index contributed by atoms with van der Waals surface area (Å²) in [5, 5.41) is 0.496. The Hall–Kier alpha value is -2.83. The van der Waals surface area contributed by atoms with Crippen LogP contribution in [0.25, 0.3) is 22.3 Å². The molecule has 0 saturated carbocycles. The average molecular weight is 303 g/mol. The number of halogens is 2. The van der Waals surface area contributed by atoms with E-state index in [4.69, 9.17) is 4.74 Å². The predicted octanol–water partition coefficient (Wildman–Crippen LogP) is 2.63. The summed E-state index contributed by atoms with van der Waals surface area (Å²) in [7, 11) is 0. The van der Waals surface area contributed by atoms with Crippen molar-refractivity contribution < 1.29 is 13.5 Å². The molecule has 5 nitrogen and oxygen atoms in total. The lowest BCUT2D eigenvalue weighted by molar-refractivity contribution is 0.0796. The summed E-state index contributed by atoms with van der Waals surface area (Å²) >= 11 is 0. The maximum absolute atomic E-state index is 12.1. The van der Waals surface area contributed by atoms with E-state index in [1.165, 1.54) is 12.3 Å². The second-order valence-corrected chi connectivity index (χ2v) is 4.52. The topological polar surface area (TPSA) is 67.9 Å². The summed E-state index contributed by atoms with van der Waals surface area (Å²) in [6.07, 6.45) is -1.15. The number of hydrogen-bond donors (Lipinski definition) is 1. The normalized spacial score (nSPS) is 11.0. The molecule has 0 amide bonds. The van der Waals surface area contributed by atoms with Gasteiger partial charge in [-0.3, -0.25) is 4.79 Å². The lowest BCUT2D eigenvalue weighted by atomic mass is 10.2. The van der Waals surface area contributed by atoms with E-state index in [9.17, 15) is 13.6 Å². The first-order chi connectivity index (χ1) is 10.6. The lowest BCUT2D eigenvalue weighted by Gasteiger charge is -2.06. The largest absolute Gasteiger partial charge is 0.472 e. The summed E-state index contributed by atoms with van der Waals surface area (Å²) in [5.41, 5.74) is 0.880. The van der Waals surface area contributed by atoms with Crippen LogP contribution >= 0.6 is 0 Å². The van der Waals surface area contributed by atoms with Crippen molar-refractivity contribution in [1.29, 1.82) is 0 Å². The van der Waals surface area contributed by atoms with Gasteiger partial charge >= 0.3 is 0 Å². The molecule has 2 aromatic heterocycles. The molecular formula is C15H11F2N3O2. The Kier molecular flexibility index (Phi) is 3.78. The van der Waals surface area contributed by atoms with Gasteiger partial charge in [0.25, 0.3) is 12.0 Å². The molecule has 3 aromatic rings. The lowest BCUT2D eigenvalue weighted by Crippen LogP contribution is -2.10. The number of rotatable bonds is 4. The number of nitrogens with one attached hydrogen (secondary N) is 1. The first kappa shape index (κ1) is 14.1. The van der Waals surface area contributed by atoms with E-state index in [1.807, 2.05) is 0 Å². The Morgan fingerprint density at radius 1 is 1.18 bits per heavy atom. The molecule has 1 aromatic carbocycles. The van der Waals surface area contributed by atoms with Crippen molar-refractivity contribution in [3.63, 3.8) is 0 Å². The minimum absolute atomic E-state index is 0.0900. The van der Waals surface area contributed by atoms with Gasteiger partial charge in [-0.25, -0.2) is 18.7 Å². The number of aromatic amines is 1. The second-order valence-electron chi connectivity index (χ2n) is 4.52. The van der Waals surface area contributed by atoms with Gasteiger partial charge in [0.2, 0.25) is 5.88 Å². The van der Waals surface area contributed by atoms with E-state index in [0.717, 1.165) is 0 Å². The van der Waals surface area contributed by atoms with Crippen LogP contribution in [0.1, 0.15) is 0 Å². The van der Waals surface area contributed by atoms with E-state index in [-0.39, 0.29) is 11.4 Å². The highest BCUT2D eigenvalue weighted by atomic mass is 19.3. The fourth-order valence-corrected chi connectivity index (χ4v) is 1.98. The number of ether oxygens (including phenoxy) is 1. The number of pyridine rings is 1. The van der Waals surface area contributed by atoms with Crippen LogP contribution in [0.15, 0.2) is 47.4 Å². The zero-order valence-electron chi connectivity index (χ0n) is 11.3. The van der Waals surface area contributed by atoms with Crippen molar-refractivity contribution in [3.05, 3.63) is 52.9 Å². The SMILES string of the molecule is O=c1[nH]c(-c2ccc(OCC(F)F)nc2)nc2ccccc12. The van der Waals surface area contributed by atoms with E-state index in [0.29, 0.717) is 22.3 Å². The molecule has 0 aliphatic rings. The van der Waals surface area contributed by atoms with Gasteiger partial charge in [0.15, 0.2) is 6.61 Å². The minimum atomic E-state index is -2.56. The highest BCUT2D eigenvalue weighted by Gasteiger charge is 2.08. The summed E-state index contributed by atoms with van der Waals surface area (Å²) in [4.78, 5) is 22.9. The van der Waals surface area contributed by atoms with Crippen LogP contribution in [0.5, 0.6) is 5.88 Å². The summed E-state index contributed by atoms with van der Waals surface area (Å²) in [5.74, 6) is 0.448. The van der Waals surface area contributed by atoms with Crippen LogP contribution in [0.4, 0.5) is 8.78 Å². The van der Waals surface area contributed by atoms with Gasteiger partial charge in [0, 0.05) is 17.8 Å². The van der Waals surface area contributed by atoms with Crippen molar-refractivity contribution in [1.82, 2.24) is 15.0 Å². The molecular weight excluding hydrogens is 292 g/mol. The van der Waals surface area contributed by atoms with Crippen LogP contribution in [-0.4, -0.2) is 28.0 Å². The van der Waals surface area contributed by atoms with E-state index >= 15 is 0 Å². The van der Waals surface area contributed by atoms with Crippen LogP contribution in [0.2, 0.25) is 0 Å². The maximum atomic E-state index is 12.1. The molecule has 0 unspecified atom stereocenters. The molecule has 0 saturated heterocycles. The Morgan fingerprint density at radius 3 is 2.73 bits per heavy atom. The molecule has 0 fully saturated rings. The van der Waals surface area contributed by atoms with E-state index < -0.39 is 13.0 Å². The van der Waals surface area contributed by atoms with Crippen molar-refractivity contribution in [2.75, 3.05) is 6.61 Å². The van der Waals surface area contributed by atoms with Crippen LogP contribution < -0.4 is 10.3 Å². The zero-order valence-corrected chi connectivity index (χ0v) is 11.3. The number of hydrogen-bond acceptors (Lipinski definition) is 4. The van der Waals surface area contributed by atoms with E-state index in [1.54, 1.807) is 30.3 Å². The first-order valence-electron chi connectivity index (χ1n) is 6.50. The van der Waals surface area contributed by atoms with Gasteiger partial charge in [-0.1, -0.05) is 12.1 Å². The quantitative estimate of drug-likeness (QED) is 0.804. The third kappa shape index (κ3) is 2.93. The number of H-pyrrole nitrogens is 1. The summed E-state index contributed by atoms with van der Waals surface area (Å²) in [6.45, 7) is -0.711. The van der Waals surface area contributed by atoms with Crippen LogP contribution in [0.3, 0.4) is 0 Å². The Bertz CT molecular complexity index is 847. The van der Waals surface area contributed by atoms with Crippen molar-refractivity contribution in [2.45, 2.75) is 6.43 Å². The van der Waals surface area contributed by atoms with Gasteiger partial charge in [0.1, 0.15) is 5.82 Å². The molecule has 0 bridgehead atoms. The molecule has 0 aliphatic heterocycles. The smallest absolute Gasteiger partial charge is 0.272 e. The molecule has 0 atom stereocenters. The predicted molar refractivity (Wildman–Crippen MR) is 77.1 cm³/mol. The molecule has 112 valence electrons. The van der Waals surface area contributed by atoms with Crippen molar-refractivity contribution >= 4 is 10.9 Å². The standard InChI is InChI=1S/C15H11F2N3O2/c16-12(17)8-22-13-6-5-9(7-18-13)14-19-11-4-2-1-3-10(11)15(21)20-14/h1-7,12H,8H2,(H,19,20,21). The number of para-hydroxylation sites is 1. The Balaban J connectivity index is 1.92. The second kappa shape index (κ2) is 5.88. The van der Waals surface area contributed by atoms with Gasteiger partial charge in [-0.05, 0) is 18.2 Å². The highest BCUT2D eigenvalue weighted by molar-refractivity contribution is 5.79.